The van der Waals surface area contributed by atoms with Gasteiger partial charge < -0.3 is 0 Å². The third-order valence-corrected chi connectivity index (χ3v) is 3.36. The fourth-order valence-electron chi connectivity index (χ4n) is 1.63. The lowest BCUT2D eigenvalue weighted by Crippen LogP contribution is -1.95. The Morgan fingerprint density at radius 1 is 1.10 bits per heavy atom. The molecule has 2 aromatic carbocycles. The zero-order chi connectivity index (χ0) is 14.5. The summed E-state index contributed by atoms with van der Waals surface area (Å²) in [6, 6.07) is 13.2. The summed E-state index contributed by atoms with van der Waals surface area (Å²) >= 11 is 3.32. The molecular weight excluding hydrogens is 322 g/mol. The molecule has 0 aromatic heterocycles. The Morgan fingerprint density at radius 2 is 1.75 bits per heavy atom. The number of nitrogens with zero attached hydrogens (tertiary/aromatic N) is 1. The molecule has 0 saturated heterocycles. The van der Waals surface area contributed by atoms with Gasteiger partial charge >= 0.3 is 0 Å². The van der Waals surface area contributed by atoms with E-state index in [9.17, 15) is 14.9 Å². The van der Waals surface area contributed by atoms with Crippen LogP contribution >= 0.6 is 15.9 Å². The van der Waals surface area contributed by atoms with Gasteiger partial charge in [0.1, 0.15) is 0 Å². The highest BCUT2D eigenvalue weighted by Gasteiger charge is 2.06. The molecule has 100 valence electrons. The van der Waals surface area contributed by atoms with E-state index in [-0.39, 0.29) is 11.5 Å². The summed E-state index contributed by atoms with van der Waals surface area (Å²) in [4.78, 5) is 22.1. The van der Waals surface area contributed by atoms with Crippen molar-refractivity contribution in [1.29, 1.82) is 0 Å². The summed E-state index contributed by atoms with van der Waals surface area (Å²) in [7, 11) is 0. The Morgan fingerprint density at radius 3 is 2.35 bits per heavy atom. The van der Waals surface area contributed by atoms with Crippen molar-refractivity contribution < 1.29 is 9.72 Å². The summed E-state index contributed by atoms with van der Waals surface area (Å²) in [5, 5.41) is 10.5. The number of non-ortho nitro benzene ring substituents is 1. The third-order valence-electron chi connectivity index (χ3n) is 2.67. The van der Waals surface area contributed by atoms with Gasteiger partial charge in [-0.2, -0.15) is 0 Å². The number of hydrogen-bond acceptors (Lipinski definition) is 3. The quantitative estimate of drug-likeness (QED) is 0.364. The molecule has 0 bridgehead atoms. The lowest BCUT2D eigenvalue weighted by molar-refractivity contribution is -0.384. The maximum atomic E-state index is 12.0. The minimum absolute atomic E-state index is 0.0271. The highest BCUT2D eigenvalue weighted by Crippen LogP contribution is 2.18. The predicted molar refractivity (Wildman–Crippen MR) is 80.6 cm³/mol. The van der Waals surface area contributed by atoms with Crippen LogP contribution in [-0.4, -0.2) is 10.7 Å². The largest absolute Gasteiger partial charge is 0.289 e. The molecule has 0 saturated carbocycles. The van der Waals surface area contributed by atoms with Crippen LogP contribution in [0.15, 0.2) is 59.1 Å². The van der Waals surface area contributed by atoms with E-state index in [0.717, 1.165) is 10.0 Å². The molecule has 20 heavy (non-hydrogen) atoms. The van der Waals surface area contributed by atoms with E-state index in [4.69, 9.17) is 0 Å². The molecule has 0 amide bonds. The molecular formula is C15H10BrNO3. The number of nitro benzene ring substituents is 1. The number of halogens is 1. The highest BCUT2D eigenvalue weighted by atomic mass is 79.9. The molecule has 0 heterocycles. The molecule has 4 nitrogen and oxygen atoms in total. The average molecular weight is 332 g/mol. The van der Waals surface area contributed by atoms with E-state index in [1.807, 2.05) is 6.07 Å². The molecule has 0 fully saturated rings. The molecule has 0 N–H and O–H groups in total. The second-order valence-corrected chi connectivity index (χ2v) is 4.88. The smallest absolute Gasteiger partial charge is 0.269 e. The van der Waals surface area contributed by atoms with Gasteiger partial charge in [-0.25, -0.2) is 0 Å². The van der Waals surface area contributed by atoms with Gasteiger partial charge in [-0.15, -0.1) is 0 Å². The second kappa shape index (κ2) is 6.25. The molecule has 2 aromatic rings. The predicted octanol–water partition coefficient (Wildman–Crippen LogP) is 4.25. The van der Waals surface area contributed by atoms with Crippen LogP contribution in [0.1, 0.15) is 15.9 Å². The third kappa shape index (κ3) is 3.39. The van der Waals surface area contributed by atoms with Crippen LogP contribution in [0.5, 0.6) is 0 Å². The molecule has 0 radical (unpaired) electrons. The van der Waals surface area contributed by atoms with Crippen LogP contribution in [0.25, 0.3) is 6.08 Å². The van der Waals surface area contributed by atoms with Gasteiger partial charge in [0.2, 0.25) is 0 Å². The minimum Gasteiger partial charge on any atom is -0.289 e. The van der Waals surface area contributed by atoms with E-state index < -0.39 is 4.92 Å². The summed E-state index contributed by atoms with van der Waals surface area (Å²) < 4.78 is 0.735. The highest BCUT2D eigenvalue weighted by molar-refractivity contribution is 9.10. The van der Waals surface area contributed by atoms with Crippen molar-refractivity contribution in [3.8, 4) is 0 Å². The number of carbonyl (C=O) groups is 1. The SMILES string of the molecule is O=C(/C=C/c1ccc([N+](=O)[O-])cc1)c1ccccc1Br. The summed E-state index contributed by atoms with van der Waals surface area (Å²) in [5.74, 6) is -0.129. The first-order valence-corrected chi connectivity index (χ1v) is 6.58. The summed E-state index contributed by atoms with van der Waals surface area (Å²) in [6.45, 7) is 0. The van der Waals surface area contributed by atoms with Gasteiger partial charge in [-0.3, -0.25) is 14.9 Å². The van der Waals surface area contributed by atoms with Crippen molar-refractivity contribution in [2.45, 2.75) is 0 Å². The van der Waals surface area contributed by atoms with Crippen molar-refractivity contribution >= 4 is 33.5 Å². The standard InChI is InChI=1S/C15H10BrNO3/c16-14-4-2-1-3-13(14)15(18)10-7-11-5-8-12(9-6-11)17(19)20/h1-10H/b10-7+. The second-order valence-electron chi connectivity index (χ2n) is 4.03. The molecule has 0 unspecified atom stereocenters. The number of hydrogen-bond donors (Lipinski definition) is 0. The maximum absolute atomic E-state index is 12.0. The first-order chi connectivity index (χ1) is 9.58. The number of rotatable bonds is 4. The van der Waals surface area contributed by atoms with Gasteiger partial charge in [-0.1, -0.05) is 34.1 Å². The van der Waals surface area contributed by atoms with Crippen molar-refractivity contribution in [2.24, 2.45) is 0 Å². The van der Waals surface area contributed by atoms with Crippen molar-refractivity contribution in [3.05, 3.63) is 80.3 Å². The number of nitro groups is 1. The maximum Gasteiger partial charge on any atom is 0.269 e. The zero-order valence-corrected chi connectivity index (χ0v) is 11.9. The fourth-order valence-corrected chi connectivity index (χ4v) is 2.11. The first-order valence-electron chi connectivity index (χ1n) is 5.79. The van der Waals surface area contributed by atoms with Gasteiger partial charge in [0.15, 0.2) is 5.78 Å². The van der Waals surface area contributed by atoms with Crippen molar-refractivity contribution in [2.75, 3.05) is 0 Å². The van der Waals surface area contributed by atoms with Gasteiger partial charge in [0.25, 0.3) is 5.69 Å². The number of ketones is 1. The molecule has 0 aliphatic carbocycles. The molecule has 5 heteroatoms. The molecule has 2 rings (SSSR count). The number of benzene rings is 2. The van der Waals surface area contributed by atoms with Crippen LogP contribution in [0.4, 0.5) is 5.69 Å². The van der Waals surface area contributed by atoms with Gasteiger partial charge in [0, 0.05) is 22.2 Å². The van der Waals surface area contributed by atoms with Crippen molar-refractivity contribution in [1.82, 2.24) is 0 Å². The normalized spacial score (nSPS) is 10.7. The topological polar surface area (TPSA) is 60.2 Å². The van der Waals surface area contributed by atoms with Crippen molar-refractivity contribution in [3.63, 3.8) is 0 Å². The summed E-state index contributed by atoms with van der Waals surface area (Å²) in [6.07, 6.45) is 3.08. The summed E-state index contributed by atoms with van der Waals surface area (Å²) in [5.41, 5.74) is 1.33. The molecule has 0 atom stereocenters. The van der Waals surface area contributed by atoms with Gasteiger partial charge in [0.05, 0.1) is 4.92 Å². The first kappa shape index (κ1) is 14.1. The Bertz CT molecular complexity index is 678. The Kier molecular flexibility index (Phi) is 4.42. The lowest BCUT2D eigenvalue weighted by Gasteiger charge is -1.99. The minimum atomic E-state index is -0.459. The zero-order valence-electron chi connectivity index (χ0n) is 10.3. The van der Waals surface area contributed by atoms with E-state index in [1.165, 1.54) is 18.2 Å². The van der Waals surface area contributed by atoms with Crippen LogP contribution < -0.4 is 0 Å². The van der Waals surface area contributed by atoms with Crippen LogP contribution in [0, 0.1) is 10.1 Å². The number of carbonyl (C=O) groups excluding carboxylic acids is 1. The molecule has 0 aliphatic rings. The Balaban J connectivity index is 2.15. The Hall–Kier alpha value is -2.27. The van der Waals surface area contributed by atoms with Crippen LogP contribution in [0.2, 0.25) is 0 Å². The number of allylic oxidation sites excluding steroid dienone is 1. The Labute approximate surface area is 124 Å². The molecule has 0 spiro atoms. The van der Waals surface area contributed by atoms with E-state index >= 15 is 0 Å². The average Bonchev–Trinajstić information content (AvgIpc) is 2.45. The lowest BCUT2D eigenvalue weighted by atomic mass is 10.1. The fraction of sp³-hybridized carbons (Fsp3) is 0. The molecule has 0 aliphatic heterocycles. The van der Waals surface area contributed by atoms with Crippen LogP contribution in [-0.2, 0) is 0 Å². The van der Waals surface area contributed by atoms with E-state index in [0.29, 0.717) is 5.56 Å². The monoisotopic (exact) mass is 331 g/mol. The van der Waals surface area contributed by atoms with E-state index in [2.05, 4.69) is 15.9 Å². The van der Waals surface area contributed by atoms with Gasteiger partial charge in [-0.05, 0) is 35.9 Å². The van der Waals surface area contributed by atoms with Crippen LogP contribution in [0.3, 0.4) is 0 Å². The van der Waals surface area contributed by atoms with E-state index in [1.54, 1.807) is 36.4 Å².